The summed E-state index contributed by atoms with van der Waals surface area (Å²) in [7, 11) is 0. The van der Waals surface area contributed by atoms with Crippen molar-refractivity contribution in [2.75, 3.05) is 18.7 Å². The molecule has 0 aromatic heterocycles. The van der Waals surface area contributed by atoms with E-state index < -0.39 is 5.41 Å². The van der Waals surface area contributed by atoms with Crippen LogP contribution in [0.5, 0.6) is 11.5 Å². The minimum atomic E-state index is -0.490. The Bertz CT molecular complexity index is 1220. The van der Waals surface area contributed by atoms with E-state index in [2.05, 4.69) is 67.8 Å². The lowest BCUT2D eigenvalue weighted by molar-refractivity contribution is -0.118. The molecule has 1 heterocycles. The molecule has 5 rings (SSSR count). The fourth-order valence-electron chi connectivity index (χ4n) is 4.65. The van der Waals surface area contributed by atoms with E-state index in [0.717, 1.165) is 59.8 Å². The summed E-state index contributed by atoms with van der Waals surface area (Å²) < 4.78 is 10.9. The largest absolute Gasteiger partial charge is 0.454 e. The van der Waals surface area contributed by atoms with E-state index in [1.54, 1.807) is 0 Å². The molecular weight excluding hydrogens is 436 g/mol. The molecule has 186 valence electrons. The van der Waals surface area contributed by atoms with Gasteiger partial charge in [0.15, 0.2) is 11.5 Å². The first-order chi connectivity index (χ1) is 16.9. The zero-order chi connectivity index (χ0) is 24.4. The number of aryl methyl sites for hydroxylation is 1. The van der Waals surface area contributed by atoms with Crippen LogP contribution in [0.3, 0.4) is 0 Å². The Labute approximate surface area is 210 Å². The van der Waals surface area contributed by atoms with Gasteiger partial charge in [-0.05, 0) is 90.7 Å². The van der Waals surface area contributed by atoms with E-state index >= 15 is 0 Å². The lowest BCUT2D eigenvalue weighted by atomic mass is 9.94. The van der Waals surface area contributed by atoms with Crippen molar-refractivity contribution in [1.82, 2.24) is 5.32 Å². The maximum atomic E-state index is 13.4. The smallest absolute Gasteiger partial charge is 0.235 e. The van der Waals surface area contributed by atoms with Gasteiger partial charge in [-0.25, -0.2) is 0 Å². The van der Waals surface area contributed by atoms with Gasteiger partial charge in [-0.15, -0.1) is 0 Å². The minimum Gasteiger partial charge on any atom is -0.454 e. The Morgan fingerprint density at radius 3 is 2.51 bits per heavy atom. The van der Waals surface area contributed by atoms with Crippen LogP contribution in [0.1, 0.15) is 52.7 Å². The summed E-state index contributed by atoms with van der Waals surface area (Å²) in [5.74, 6) is 2.21. The van der Waals surface area contributed by atoms with Crippen LogP contribution in [0.2, 0.25) is 0 Å². The number of hydrogen-bond acceptors (Lipinski definition) is 4. The highest BCUT2D eigenvalue weighted by Gasteiger charge is 2.51. The lowest BCUT2D eigenvalue weighted by Gasteiger charge is -2.17. The van der Waals surface area contributed by atoms with Crippen LogP contribution in [0.15, 0.2) is 60.7 Å². The molecule has 0 saturated heterocycles. The number of benzene rings is 3. The third kappa shape index (κ3) is 5.06. The van der Waals surface area contributed by atoms with Crippen LogP contribution in [0, 0.1) is 12.8 Å². The standard InChI is InChI=1S/C30H34N2O3.2H2/c1-20(2)12-15-31-18-22-5-7-23(8-6-22)26-17-25(10-4-21(26)3)32-29(33)30(13-14-30)24-9-11-27-28(16-24)35-19-34-27;;/h4-11,16-17,20,31H,12-15,18-19H2,1-3H3,(H,32,33);2*1H. The molecule has 0 radical (unpaired) electrons. The Hall–Kier alpha value is -3.31. The second-order valence-electron chi connectivity index (χ2n) is 10.2. The molecule has 3 aromatic rings. The molecule has 3 aromatic carbocycles. The van der Waals surface area contributed by atoms with E-state index in [4.69, 9.17) is 9.47 Å². The number of anilines is 1. The van der Waals surface area contributed by atoms with Gasteiger partial charge < -0.3 is 20.1 Å². The molecule has 2 aliphatic rings. The van der Waals surface area contributed by atoms with Gasteiger partial charge in [-0.1, -0.05) is 50.2 Å². The van der Waals surface area contributed by atoms with Gasteiger partial charge in [-0.3, -0.25) is 4.79 Å². The van der Waals surface area contributed by atoms with Crippen LogP contribution >= 0.6 is 0 Å². The summed E-state index contributed by atoms with van der Waals surface area (Å²) in [6.45, 7) is 8.75. The van der Waals surface area contributed by atoms with Crippen molar-refractivity contribution in [3.8, 4) is 22.6 Å². The molecule has 0 bridgehead atoms. The minimum absolute atomic E-state index is 0. The maximum Gasteiger partial charge on any atom is 0.235 e. The van der Waals surface area contributed by atoms with Crippen molar-refractivity contribution in [3.63, 3.8) is 0 Å². The first-order valence-corrected chi connectivity index (χ1v) is 12.6. The van der Waals surface area contributed by atoms with E-state index in [1.165, 1.54) is 17.5 Å². The topological polar surface area (TPSA) is 59.6 Å². The number of carbonyl (C=O) groups is 1. The van der Waals surface area contributed by atoms with Crippen LogP contribution < -0.4 is 20.1 Å². The number of fused-ring (bicyclic) bond motifs is 1. The molecule has 1 aliphatic carbocycles. The molecule has 1 fully saturated rings. The molecule has 5 nitrogen and oxygen atoms in total. The molecule has 2 N–H and O–H groups in total. The second-order valence-corrected chi connectivity index (χ2v) is 10.2. The molecule has 1 amide bonds. The zero-order valence-corrected chi connectivity index (χ0v) is 20.8. The molecule has 5 heteroatoms. The van der Waals surface area contributed by atoms with Gasteiger partial charge in [0.05, 0.1) is 5.41 Å². The van der Waals surface area contributed by atoms with E-state index in [1.807, 2.05) is 24.3 Å². The van der Waals surface area contributed by atoms with Gasteiger partial charge >= 0.3 is 0 Å². The summed E-state index contributed by atoms with van der Waals surface area (Å²) in [6, 6.07) is 20.7. The summed E-state index contributed by atoms with van der Waals surface area (Å²) in [4.78, 5) is 13.4. The highest BCUT2D eigenvalue weighted by atomic mass is 16.7. The Kier molecular flexibility index (Phi) is 6.52. The monoisotopic (exact) mass is 474 g/mol. The molecule has 0 unspecified atom stereocenters. The van der Waals surface area contributed by atoms with Crippen LogP contribution in [-0.2, 0) is 16.8 Å². The van der Waals surface area contributed by atoms with E-state index in [-0.39, 0.29) is 15.6 Å². The van der Waals surface area contributed by atoms with Crippen LogP contribution in [0.4, 0.5) is 5.69 Å². The Morgan fingerprint density at radius 2 is 1.77 bits per heavy atom. The lowest BCUT2D eigenvalue weighted by Crippen LogP contribution is -2.27. The van der Waals surface area contributed by atoms with E-state index in [0.29, 0.717) is 5.92 Å². The fraction of sp³-hybridized carbons (Fsp3) is 0.367. The predicted octanol–water partition coefficient (Wildman–Crippen LogP) is 6.69. The third-order valence-electron chi connectivity index (χ3n) is 7.10. The van der Waals surface area contributed by atoms with Crippen molar-refractivity contribution in [2.24, 2.45) is 5.92 Å². The van der Waals surface area contributed by atoms with Gasteiger partial charge in [-0.2, -0.15) is 0 Å². The number of carbonyl (C=O) groups excluding carboxylic acids is 1. The van der Waals surface area contributed by atoms with Crippen molar-refractivity contribution < 1.29 is 17.1 Å². The van der Waals surface area contributed by atoms with Gasteiger partial charge in [0, 0.05) is 15.1 Å². The number of hydrogen-bond donors (Lipinski definition) is 2. The maximum absolute atomic E-state index is 13.4. The molecule has 1 aliphatic heterocycles. The van der Waals surface area contributed by atoms with Crippen molar-refractivity contribution >= 4 is 11.6 Å². The normalized spacial score (nSPS) is 15.3. The van der Waals surface area contributed by atoms with Crippen molar-refractivity contribution in [2.45, 2.75) is 52.0 Å². The molecule has 0 spiro atoms. The van der Waals surface area contributed by atoms with E-state index in [9.17, 15) is 4.79 Å². The van der Waals surface area contributed by atoms with Crippen LogP contribution in [0.25, 0.3) is 11.1 Å². The molecule has 0 atom stereocenters. The number of ether oxygens (including phenoxy) is 2. The first kappa shape index (κ1) is 23.4. The average molecular weight is 475 g/mol. The van der Waals surface area contributed by atoms with Gasteiger partial charge in [0.2, 0.25) is 12.7 Å². The Balaban J connectivity index is 0.00000190. The average Bonchev–Trinajstić information content (AvgIpc) is 3.54. The third-order valence-corrected chi connectivity index (χ3v) is 7.10. The summed E-state index contributed by atoms with van der Waals surface area (Å²) in [6.07, 6.45) is 2.86. The molecule has 1 saturated carbocycles. The summed E-state index contributed by atoms with van der Waals surface area (Å²) in [5.41, 5.74) is 6.07. The highest BCUT2D eigenvalue weighted by molar-refractivity contribution is 6.02. The second kappa shape index (κ2) is 9.74. The van der Waals surface area contributed by atoms with Gasteiger partial charge in [0.1, 0.15) is 0 Å². The number of amides is 1. The summed E-state index contributed by atoms with van der Waals surface area (Å²) in [5, 5.41) is 6.70. The Morgan fingerprint density at radius 1 is 1.00 bits per heavy atom. The highest BCUT2D eigenvalue weighted by Crippen LogP contribution is 2.51. The number of nitrogens with one attached hydrogen (secondary N) is 2. The SMILES string of the molecule is Cc1ccc(NC(=O)C2(c3ccc4c(c3)OCO4)CC2)cc1-c1ccc(CNCCC(C)C)cc1.[HH].[HH]. The number of rotatable bonds is 9. The van der Waals surface area contributed by atoms with Gasteiger partial charge in [0.25, 0.3) is 0 Å². The van der Waals surface area contributed by atoms with Crippen LogP contribution in [-0.4, -0.2) is 19.2 Å². The fourth-order valence-corrected chi connectivity index (χ4v) is 4.65. The summed E-state index contributed by atoms with van der Waals surface area (Å²) >= 11 is 0. The zero-order valence-electron chi connectivity index (χ0n) is 20.8. The predicted molar refractivity (Wildman–Crippen MR) is 144 cm³/mol. The van der Waals surface area contributed by atoms with Crippen molar-refractivity contribution in [3.05, 3.63) is 77.4 Å². The first-order valence-electron chi connectivity index (χ1n) is 12.6. The molecule has 35 heavy (non-hydrogen) atoms. The van der Waals surface area contributed by atoms with Crippen molar-refractivity contribution in [1.29, 1.82) is 0 Å². The quantitative estimate of drug-likeness (QED) is 0.339. The molecular formula is C30H38N2O3.